The van der Waals surface area contributed by atoms with Crippen LogP contribution < -0.4 is 0 Å². The standard InChI is InChI=1S/C23H18N4O/c1-15-11-21-24-13-19-12-20(17-5-3-2-4-6-17)22(25-23(19)27(21)26-15)18-9-7-16(14-28)8-10-18/h2-7,9-14,16H,8H2,1H3. The molecule has 1 aliphatic carbocycles. The van der Waals surface area contributed by atoms with Crippen molar-refractivity contribution in [2.24, 2.45) is 5.92 Å². The molecule has 4 aromatic rings. The van der Waals surface area contributed by atoms with Gasteiger partial charge in [-0.1, -0.05) is 48.6 Å². The van der Waals surface area contributed by atoms with Crippen molar-refractivity contribution in [3.63, 3.8) is 0 Å². The Balaban J connectivity index is 1.79. The van der Waals surface area contributed by atoms with E-state index < -0.39 is 0 Å². The highest BCUT2D eigenvalue weighted by atomic mass is 16.1. The molecule has 3 aromatic heterocycles. The van der Waals surface area contributed by atoms with Crippen molar-refractivity contribution in [2.45, 2.75) is 13.3 Å². The lowest BCUT2D eigenvalue weighted by Crippen LogP contribution is -2.04. The Labute approximate surface area is 162 Å². The first-order valence-electron chi connectivity index (χ1n) is 9.28. The summed E-state index contributed by atoms with van der Waals surface area (Å²) < 4.78 is 1.80. The van der Waals surface area contributed by atoms with Crippen LogP contribution in [0.2, 0.25) is 0 Å². The number of aryl methyl sites for hydroxylation is 1. The van der Waals surface area contributed by atoms with Crippen molar-refractivity contribution < 1.29 is 4.79 Å². The number of rotatable bonds is 3. The monoisotopic (exact) mass is 366 g/mol. The number of hydrogen-bond donors (Lipinski definition) is 0. The summed E-state index contributed by atoms with van der Waals surface area (Å²) in [6.07, 6.45) is 9.56. The Morgan fingerprint density at radius 2 is 2.04 bits per heavy atom. The minimum absolute atomic E-state index is 0.0611. The summed E-state index contributed by atoms with van der Waals surface area (Å²) in [5.74, 6) is -0.0611. The van der Waals surface area contributed by atoms with Crippen molar-refractivity contribution in [1.82, 2.24) is 19.6 Å². The van der Waals surface area contributed by atoms with Crippen molar-refractivity contribution in [3.05, 3.63) is 78.3 Å². The molecule has 0 amide bonds. The van der Waals surface area contributed by atoms with E-state index >= 15 is 0 Å². The molecule has 0 aliphatic heterocycles. The second kappa shape index (κ2) is 6.53. The minimum atomic E-state index is -0.0611. The van der Waals surface area contributed by atoms with Gasteiger partial charge in [0.1, 0.15) is 6.29 Å². The van der Waals surface area contributed by atoms with Crippen LogP contribution in [0.3, 0.4) is 0 Å². The zero-order valence-corrected chi connectivity index (χ0v) is 15.4. The molecule has 1 aliphatic rings. The molecule has 0 radical (unpaired) electrons. The Kier molecular flexibility index (Phi) is 3.86. The van der Waals surface area contributed by atoms with E-state index in [-0.39, 0.29) is 5.92 Å². The highest BCUT2D eigenvalue weighted by molar-refractivity contribution is 5.91. The molecule has 0 bridgehead atoms. The number of carbonyl (C=O) groups excluding carboxylic acids is 1. The maximum absolute atomic E-state index is 11.1. The van der Waals surface area contributed by atoms with E-state index in [2.05, 4.69) is 34.4 Å². The molecule has 1 unspecified atom stereocenters. The number of fused-ring (bicyclic) bond motifs is 3. The molecule has 136 valence electrons. The van der Waals surface area contributed by atoms with Crippen LogP contribution in [0, 0.1) is 12.8 Å². The summed E-state index contributed by atoms with van der Waals surface area (Å²) in [4.78, 5) is 20.6. The molecule has 5 nitrogen and oxygen atoms in total. The fourth-order valence-corrected chi connectivity index (χ4v) is 3.62. The average Bonchev–Trinajstić information content (AvgIpc) is 3.14. The van der Waals surface area contributed by atoms with Crippen LogP contribution >= 0.6 is 0 Å². The number of allylic oxidation sites excluding steroid dienone is 4. The highest BCUT2D eigenvalue weighted by Crippen LogP contribution is 2.33. The second-order valence-corrected chi connectivity index (χ2v) is 7.03. The summed E-state index contributed by atoms with van der Waals surface area (Å²) in [5, 5.41) is 5.50. The van der Waals surface area contributed by atoms with Crippen LogP contribution in [0.25, 0.3) is 33.4 Å². The minimum Gasteiger partial charge on any atom is -0.303 e. The fraction of sp³-hybridized carbons (Fsp3) is 0.130. The van der Waals surface area contributed by atoms with Gasteiger partial charge in [0.25, 0.3) is 0 Å². The largest absolute Gasteiger partial charge is 0.303 e. The lowest BCUT2D eigenvalue weighted by atomic mass is 9.92. The molecule has 0 fully saturated rings. The van der Waals surface area contributed by atoms with Crippen molar-refractivity contribution in [1.29, 1.82) is 0 Å². The van der Waals surface area contributed by atoms with Gasteiger partial charge < -0.3 is 4.79 Å². The number of nitrogens with zero attached hydrogens (tertiary/aromatic N) is 4. The van der Waals surface area contributed by atoms with Gasteiger partial charge in [0.2, 0.25) is 0 Å². The van der Waals surface area contributed by atoms with Gasteiger partial charge in [-0.05, 0) is 30.5 Å². The molecule has 0 spiro atoms. The van der Waals surface area contributed by atoms with Gasteiger partial charge in [-0.3, -0.25) is 0 Å². The topological polar surface area (TPSA) is 60.2 Å². The fourth-order valence-electron chi connectivity index (χ4n) is 3.62. The van der Waals surface area contributed by atoms with Crippen LogP contribution in [0.15, 0.2) is 66.9 Å². The van der Waals surface area contributed by atoms with Crippen LogP contribution in [0.5, 0.6) is 0 Å². The smallest absolute Gasteiger partial charge is 0.165 e. The summed E-state index contributed by atoms with van der Waals surface area (Å²) >= 11 is 0. The van der Waals surface area contributed by atoms with Gasteiger partial charge >= 0.3 is 0 Å². The lowest BCUT2D eigenvalue weighted by Gasteiger charge is -2.15. The average molecular weight is 366 g/mol. The summed E-state index contributed by atoms with van der Waals surface area (Å²) in [7, 11) is 0. The molecule has 0 saturated heterocycles. The number of aldehydes is 1. The zero-order valence-electron chi connectivity index (χ0n) is 15.4. The molecular formula is C23H18N4O. The van der Waals surface area contributed by atoms with E-state index in [0.717, 1.165) is 51.1 Å². The van der Waals surface area contributed by atoms with E-state index in [1.807, 2.05) is 49.5 Å². The number of carbonyl (C=O) groups is 1. The van der Waals surface area contributed by atoms with E-state index in [1.165, 1.54) is 0 Å². The molecule has 1 aromatic carbocycles. The number of aromatic nitrogens is 4. The van der Waals surface area contributed by atoms with E-state index in [9.17, 15) is 4.79 Å². The lowest BCUT2D eigenvalue weighted by molar-refractivity contribution is -0.109. The second-order valence-electron chi connectivity index (χ2n) is 7.03. The third-order valence-electron chi connectivity index (χ3n) is 5.05. The summed E-state index contributed by atoms with van der Waals surface area (Å²) in [5.41, 5.74) is 6.51. The molecule has 0 N–H and O–H groups in total. The molecule has 5 heteroatoms. The van der Waals surface area contributed by atoms with Gasteiger partial charge in [0.05, 0.1) is 11.4 Å². The normalized spacial score (nSPS) is 16.5. The molecule has 28 heavy (non-hydrogen) atoms. The molecule has 1 atom stereocenters. The molecular weight excluding hydrogens is 348 g/mol. The van der Waals surface area contributed by atoms with Gasteiger partial charge in [-0.15, -0.1) is 0 Å². The highest BCUT2D eigenvalue weighted by Gasteiger charge is 2.17. The number of pyridine rings is 1. The SMILES string of the molecule is Cc1cc2ncc3cc(-c4ccccc4)c(C4=CCC(C=O)C=C4)nc3n2n1. The summed E-state index contributed by atoms with van der Waals surface area (Å²) in [6.45, 7) is 1.95. The first kappa shape index (κ1) is 16.6. The Morgan fingerprint density at radius 1 is 1.18 bits per heavy atom. The molecule has 5 rings (SSSR count). The van der Waals surface area contributed by atoms with E-state index in [0.29, 0.717) is 6.42 Å². The third-order valence-corrected chi connectivity index (χ3v) is 5.05. The number of benzene rings is 1. The zero-order chi connectivity index (χ0) is 19.1. The van der Waals surface area contributed by atoms with Gasteiger partial charge in [0.15, 0.2) is 11.3 Å². The van der Waals surface area contributed by atoms with Crippen LogP contribution in [0.4, 0.5) is 0 Å². The first-order chi connectivity index (χ1) is 13.7. The van der Waals surface area contributed by atoms with Crippen LogP contribution in [-0.2, 0) is 4.79 Å². The molecule has 0 saturated carbocycles. The number of hydrogen-bond acceptors (Lipinski definition) is 4. The van der Waals surface area contributed by atoms with Gasteiger partial charge in [-0.25, -0.2) is 9.97 Å². The van der Waals surface area contributed by atoms with Gasteiger partial charge in [0, 0.05) is 29.1 Å². The van der Waals surface area contributed by atoms with Crippen molar-refractivity contribution >= 4 is 28.5 Å². The van der Waals surface area contributed by atoms with Crippen molar-refractivity contribution in [2.75, 3.05) is 0 Å². The van der Waals surface area contributed by atoms with E-state index in [1.54, 1.807) is 4.52 Å². The van der Waals surface area contributed by atoms with Crippen molar-refractivity contribution in [3.8, 4) is 11.1 Å². The maximum atomic E-state index is 11.1. The van der Waals surface area contributed by atoms with E-state index in [4.69, 9.17) is 4.98 Å². The van der Waals surface area contributed by atoms with Crippen LogP contribution in [-0.4, -0.2) is 25.9 Å². The Hall–Kier alpha value is -3.60. The van der Waals surface area contributed by atoms with Gasteiger partial charge in [-0.2, -0.15) is 9.61 Å². The summed E-state index contributed by atoms with van der Waals surface area (Å²) in [6, 6.07) is 14.3. The first-order valence-corrected chi connectivity index (χ1v) is 9.28. The predicted molar refractivity (Wildman–Crippen MR) is 110 cm³/mol. The van der Waals surface area contributed by atoms with Crippen LogP contribution in [0.1, 0.15) is 17.8 Å². The Morgan fingerprint density at radius 3 is 2.79 bits per heavy atom. The predicted octanol–water partition coefficient (Wildman–Crippen LogP) is 4.41. The Bertz CT molecular complexity index is 1270. The third kappa shape index (κ3) is 2.72. The molecule has 3 heterocycles. The maximum Gasteiger partial charge on any atom is 0.165 e. The quantitative estimate of drug-likeness (QED) is 0.504.